The standard InChI is InChI=1S/C21H24ClN3O2/c22-17-10-8-16(9-11-17)20(26)25-19(13-15-5-2-1-3-6-15)21(27)24-14-18-7-4-12-23-18/h1-3,5-6,8-11,18-19,23H,4,7,12-14H2,(H,24,27)(H,25,26). The number of nitrogens with one attached hydrogen (secondary N) is 3. The Bertz CT molecular complexity index is 759. The van der Waals surface area contributed by atoms with Crippen LogP contribution in [0.2, 0.25) is 5.02 Å². The molecule has 1 saturated heterocycles. The van der Waals surface area contributed by atoms with Crippen molar-refractivity contribution in [3.05, 3.63) is 70.7 Å². The number of carbonyl (C=O) groups excluding carboxylic acids is 2. The van der Waals surface area contributed by atoms with Crippen LogP contribution < -0.4 is 16.0 Å². The summed E-state index contributed by atoms with van der Waals surface area (Å²) in [4.78, 5) is 25.3. The summed E-state index contributed by atoms with van der Waals surface area (Å²) in [6.07, 6.45) is 2.62. The fourth-order valence-electron chi connectivity index (χ4n) is 3.18. The van der Waals surface area contributed by atoms with Gasteiger partial charge in [-0.15, -0.1) is 0 Å². The molecule has 142 valence electrons. The van der Waals surface area contributed by atoms with Crippen molar-refractivity contribution in [3.63, 3.8) is 0 Å². The van der Waals surface area contributed by atoms with Crippen molar-refractivity contribution in [1.29, 1.82) is 0 Å². The van der Waals surface area contributed by atoms with Crippen LogP contribution in [0, 0.1) is 0 Å². The Balaban J connectivity index is 1.67. The van der Waals surface area contributed by atoms with Gasteiger partial charge in [0.25, 0.3) is 5.91 Å². The summed E-state index contributed by atoms with van der Waals surface area (Å²) in [5.74, 6) is -0.461. The molecule has 0 saturated carbocycles. The third-order valence-corrected chi connectivity index (χ3v) is 4.95. The molecular weight excluding hydrogens is 362 g/mol. The van der Waals surface area contributed by atoms with Gasteiger partial charge in [0.1, 0.15) is 6.04 Å². The maximum atomic E-state index is 12.8. The highest BCUT2D eigenvalue weighted by Gasteiger charge is 2.23. The van der Waals surface area contributed by atoms with Gasteiger partial charge in [0, 0.05) is 29.6 Å². The van der Waals surface area contributed by atoms with Gasteiger partial charge in [0.2, 0.25) is 5.91 Å². The number of benzene rings is 2. The molecule has 3 N–H and O–H groups in total. The number of amides is 2. The van der Waals surface area contributed by atoms with Gasteiger partial charge in [-0.3, -0.25) is 9.59 Å². The fraction of sp³-hybridized carbons (Fsp3) is 0.333. The molecule has 3 rings (SSSR count). The summed E-state index contributed by atoms with van der Waals surface area (Å²) in [7, 11) is 0. The van der Waals surface area contributed by atoms with Crippen molar-refractivity contribution in [2.24, 2.45) is 0 Å². The van der Waals surface area contributed by atoms with E-state index in [1.54, 1.807) is 24.3 Å². The number of rotatable bonds is 7. The Hall–Kier alpha value is -2.37. The first-order chi connectivity index (χ1) is 13.1. The molecule has 0 radical (unpaired) electrons. The summed E-state index contributed by atoms with van der Waals surface area (Å²) in [6, 6.07) is 16.0. The Labute approximate surface area is 164 Å². The van der Waals surface area contributed by atoms with Crippen LogP contribution >= 0.6 is 11.6 Å². The summed E-state index contributed by atoms with van der Waals surface area (Å²) < 4.78 is 0. The highest BCUT2D eigenvalue weighted by atomic mass is 35.5. The van der Waals surface area contributed by atoms with Gasteiger partial charge in [0.15, 0.2) is 0 Å². The zero-order valence-electron chi connectivity index (χ0n) is 15.1. The second-order valence-electron chi connectivity index (χ2n) is 6.76. The van der Waals surface area contributed by atoms with Crippen LogP contribution in [0.15, 0.2) is 54.6 Å². The molecule has 2 unspecified atom stereocenters. The first-order valence-electron chi connectivity index (χ1n) is 9.23. The Morgan fingerprint density at radius 2 is 1.85 bits per heavy atom. The molecule has 0 bridgehead atoms. The van der Waals surface area contributed by atoms with Crippen LogP contribution in [-0.2, 0) is 11.2 Å². The zero-order valence-corrected chi connectivity index (χ0v) is 15.8. The zero-order chi connectivity index (χ0) is 19.1. The van der Waals surface area contributed by atoms with Crippen LogP contribution in [0.1, 0.15) is 28.8 Å². The van der Waals surface area contributed by atoms with E-state index in [0.717, 1.165) is 24.9 Å². The van der Waals surface area contributed by atoms with Crippen LogP contribution in [0.5, 0.6) is 0 Å². The van der Waals surface area contributed by atoms with Gasteiger partial charge in [-0.2, -0.15) is 0 Å². The van der Waals surface area contributed by atoms with E-state index in [0.29, 0.717) is 29.6 Å². The molecule has 2 atom stereocenters. The lowest BCUT2D eigenvalue weighted by Crippen LogP contribution is -2.50. The van der Waals surface area contributed by atoms with Crippen LogP contribution in [0.4, 0.5) is 0 Å². The summed E-state index contributed by atoms with van der Waals surface area (Å²) in [6.45, 7) is 1.56. The van der Waals surface area contributed by atoms with Crippen molar-refractivity contribution < 1.29 is 9.59 Å². The van der Waals surface area contributed by atoms with Crippen LogP contribution in [0.25, 0.3) is 0 Å². The average molecular weight is 386 g/mol. The molecule has 27 heavy (non-hydrogen) atoms. The summed E-state index contributed by atoms with van der Waals surface area (Å²) >= 11 is 5.88. The Kier molecular flexibility index (Phi) is 6.85. The molecule has 2 aromatic rings. The van der Waals surface area contributed by atoms with Crippen LogP contribution in [0.3, 0.4) is 0 Å². The fourth-order valence-corrected chi connectivity index (χ4v) is 3.31. The molecule has 1 aliphatic rings. The van der Waals surface area contributed by atoms with Gasteiger partial charge < -0.3 is 16.0 Å². The normalized spacial score (nSPS) is 17.3. The average Bonchev–Trinajstić information content (AvgIpc) is 3.20. The SMILES string of the molecule is O=C(NC(Cc1ccccc1)C(=O)NCC1CCCN1)c1ccc(Cl)cc1. The van der Waals surface area contributed by atoms with Crippen molar-refractivity contribution in [1.82, 2.24) is 16.0 Å². The number of carbonyl (C=O) groups is 2. The lowest BCUT2D eigenvalue weighted by Gasteiger charge is -2.20. The van der Waals surface area contributed by atoms with E-state index >= 15 is 0 Å². The molecule has 1 heterocycles. The molecule has 1 fully saturated rings. The van der Waals surface area contributed by atoms with E-state index in [1.807, 2.05) is 30.3 Å². The number of hydrogen-bond acceptors (Lipinski definition) is 3. The third kappa shape index (κ3) is 5.81. The number of halogens is 1. The first-order valence-corrected chi connectivity index (χ1v) is 9.61. The second-order valence-corrected chi connectivity index (χ2v) is 7.20. The minimum atomic E-state index is -0.642. The van der Waals surface area contributed by atoms with Crippen molar-refractivity contribution in [2.75, 3.05) is 13.1 Å². The molecule has 1 aliphatic heterocycles. The van der Waals surface area contributed by atoms with E-state index in [-0.39, 0.29) is 11.8 Å². The highest BCUT2D eigenvalue weighted by molar-refractivity contribution is 6.30. The predicted molar refractivity (Wildman–Crippen MR) is 107 cm³/mol. The maximum absolute atomic E-state index is 12.8. The Morgan fingerprint density at radius 3 is 2.52 bits per heavy atom. The lowest BCUT2D eigenvalue weighted by atomic mass is 10.0. The quantitative estimate of drug-likeness (QED) is 0.686. The molecule has 6 heteroatoms. The monoisotopic (exact) mass is 385 g/mol. The molecule has 0 spiro atoms. The molecule has 5 nitrogen and oxygen atoms in total. The second kappa shape index (κ2) is 9.53. The van der Waals surface area contributed by atoms with E-state index in [1.165, 1.54) is 0 Å². The van der Waals surface area contributed by atoms with Gasteiger partial charge in [-0.05, 0) is 49.2 Å². The van der Waals surface area contributed by atoms with E-state index in [2.05, 4.69) is 16.0 Å². The molecular formula is C21H24ClN3O2. The van der Waals surface area contributed by atoms with Gasteiger partial charge in [0.05, 0.1) is 0 Å². The van der Waals surface area contributed by atoms with Gasteiger partial charge in [-0.1, -0.05) is 41.9 Å². The Morgan fingerprint density at radius 1 is 1.11 bits per heavy atom. The van der Waals surface area contributed by atoms with Crippen molar-refractivity contribution in [3.8, 4) is 0 Å². The van der Waals surface area contributed by atoms with Gasteiger partial charge in [-0.25, -0.2) is 0 Å². The largest absolute Gasteiger partial charge is 0.353 e. The van der Waals surface area contributed by atoms with E-state index < -0.39 is 6.04 Å². The van der Waals surface area contributed by atoms with Crippen molar-refractivity contribution >= 4 is 23.4 Å². The summed E-state index contributed by atoms with van der Waals surface area (Å²) in [5, 5.41) is 9.76. The molecule has 2 aromatic carbocycles. The predicted octanol–water partition coefficient (Wildman–Crippen LogP) is 2.55. The third-order valence-electron chi connectivity index (χ3n) is 4.70. The highest BCUT2D eigenvalue weighted by Crippen LogP contribution is 2.11. The first kappa shape index (κ1) is 19.4. The van der Waals surface area contributed by atoms with Gasteiger partial charge >= 0.3 is 0 Å². The topological polar surface area (TPSA) is 70.2 Å². The molecule has 2 amide bonds. The van der Waals surface area contributed by atoms with E-state index in [4.69, 9.17) is 11.6 Å². The minimum absolute atomic E-state index is 0.171. The van der Waals surface area contributed by atoms with Crippen molar-refractivity contribution in [2.45, 2.75) is 31.3 Å². The lowest BCUT2D eigenvalue weighted by molar-refractivity contribution is -0.123. The van der Waals surface area contributed by atoms with E-state index in [9.17, 15) is 9.59 Å². The summed E-state index contributed by atoms with van der Waals surface area (Å²) in [5.41, 5.74) is 1.47. The van der Waals surface area contributed by atoms with Crippen LogP contribution in [-0.4, -0.2) is 37.0 Å². The number of hydrogen-bond donors (Lipinski definition) is 3. The molecule has 0 aromatic heterocycles. The molecule has 0 aliphatic carbocycles. The maximum Gasteiger partial charge on any atom is 0.251 e. The smallest absolute Gasteiger partial charge is 0.251 e. The minimum Gasteiger partial charge on any atom is -0.353 e.